The number of likely N-dealkylation sites (N-methyl/N-ethyl adjacent to an activating group) is 1. The second-order valence-electron chi connectivity index (χ2n) is 4.56. The lowest BCUT2D eigenvalue weighted by Gasteiger charge is -2.22. The number of amides is 2. The third-order valence-electron chi connectivity index (χ3n) is 3.47. The Bertz CT molecular complexity index is 553. The summed E-state index contributed by atoms with van der Waals surface area (Å²) in [6.45, 7) is 3.55. The lowest BCUT2D eigenvalue weighted by atomic mass is 10.2. The van der Waals surface area contributed by atoms with Gasteiger partial charge >= 0.3 is 6.03 Å². The van der Waals surface area contributed by atoms with Crippen molar-refractivity contribution in [1.29, 1.82) is 0 Å². The molecule has 2 aromatic rings. The molecular weight excluding hydrogens is 256 g/mol. The van der Waals surface area contributed by atoms with E-state index in [-0.39, 0.29) is 12.1 Å². The maximum absolute atomic E-state index is 12.5. The molecule has 3 rings (SSSR count). The van der Waals surface area contributed by atoms with Crippen LogP contribution in [0.1, 0.15) is 17.8 Å². The maximum atomic E-state index is 12.5. The van der Waals surface area contributed by atoms with Gasteiger partial charge in [-0.3, -0.25) is 4.90 Å². The first-order valence-electron chi connectivity index (χ1n) is 6.48. The van der Waals surface area contributed by atoms with Crippen LogP contribution in [0.15, 0.2) is 47.8 Å². The summed E-state index contributed by atoms with van der Waals surface area (Å²) in [6.07, 6.45) is 0. The van der Waals surface area contributed by atoms with Crippen molar-refractivity contribution in [1.82, 2.24) is 4.90 Å². The smallest absolute Gasteiger partial charge is 0.322 e. The summed E-state index contributed by atoms with van der Waals surface area (Å²) in [5.41, 5.74) is 0.974. The fourth-order valence-corrected chi connectivity index (χ4v) is 3.30. The number of rotatable bonds is 3. The molecule has 3 nitrogen and oxygen atoms in total. The molecule has 1 unspecified atom stereocenters. The summed E-state index contributed by atoms with van der Waals surface area (Å²) in [4.78, 5) is 17.6. The molecular formula is C15H16N2OS. The molecule has 0 aliphatic carbocycles. The zero-order chi connectivity index (χ0) is 13.2. The quantitative estimate of drug-likeness (QED) is 0.834. The lowest BCUT2D eigenvalue weighted by molar-refractivity contribution is 0.223. The molecule has 1 aromatic heterocycles. The molecule has 2 heterocycles. The van der Waals surface area contributed by atoms with Crippen LogP contribution in [0.25, 0.3) is 0 Å². The van der Waals surface area contributed by atoms with Gasteiger partial charge in [0, 0.05) is 23.7 Å². The van der Waals surface area contributed by atoms with Gasteiger partial charge in [0.2, 0.25) is 0 Å². The van der Waals surface area contributed by atoms with E-state index in [1.165, 1.54) is 4.88 Å². The zero-order valence-electron chi connectivity index (χ0n) is 10.8. The van der Waals surface area contributed by atoms with Crippen molar-refractivity contribution in [3.05, 3.63) is 52.7 Å². The van der Waals surface area contributed by atoms with E-state index in [9.17, 15) is 4.79 Å². The van der Waals surface area contributed by atoms with E-state index in [0.717, 1.165) is 18.8 Å². The summed E-state index contributed by atoms with van der Waals surface area (Å²) in [6, 6.07) is 14.3. The first kappa shape index (κ1) is 12.2. The number of hydrogen-bond donors (Lipinski definition) is 0. The Morgan fingerprint density at radius 3 is 2.63 bits per heavy atom. The number of hydrogen-bond acceptors (Lipinski definition) is 2. The molecule has 98 valence electrons. The van der Waals surface area contributed by atoms with Gasteiger partial charge < -0.3 is 4.90 Å². The van der Waals surface area contributed by atoms with Crippen molar-refractivity contribution >= 4 is 23.1 Å². The van der Waals surface area contributed by atoms with E-state index in [2.05, 4.69) is 11.4 Å². The van der Waals surface area contributed by atoms with Crippen molar-refractivity contribution < 1.29 is 4.79 Å². The van der Waals surface area contributed by atoms with Crippen LogP contribution in [-0.4, -0.2) is 24.0 Å². The zero-order valence-corrected chi connectivity index (χ0v) is 11.6. The van der Waals surface area contributed by atoms with Crippen molar-refractivity contribution in [3.63, 3.8) is 0 Å². The van der Waals surface area contributed by atoms with Gasteiger partial charge in [-0.05, 0) is 30.5 Å². The van der Waals surface area contributed by atoms with Gasteiger partial charge in [-0.2, -0.15) is 0 Å². The Kier molecular flexibility index (Phi) is 3.25. The van der Waals surface area contributed by atoms with E-state index >= 15 is 0 Å². The van der Waals surface area contributed by atoms with Gasteiger partial charge in [0.15, 0.2) is 0 Å². The first-order valence-corrected chi connectivity index (χ1v) is 7.36. The van der Waals surface area contributed by atoms with Gasteiger partial charge in [-0.15, -0.1) is 11.3 Å². The van der Waals surface area contributed by atoms with Gasteiger partial charge in [0.1, 0.15) is 0 Å². The monoisotopic (exact) mass is 272 g/mol. The fraction of sp³-hybridized carbons (Fsp3) is 0.267. The van der Waals surface area contributed by atoms with Crippen LogP contribution in [0, 0.1) is 0 Å². The number of urea groups is 1. The Balaban J connectivity index is 2.00. The highest BCUT2D eigenvalue weighted by molar-refractivity contribution is 7.10. The minimum absolute atomic E-state index is 0.104. The largest absolute Gasteiger partial charge is 0.325 e. The van der Waals surface area contributed by atoms with Crippen molar-refractivity contribution in [2.75, 3.05) is 18.0 Å². The normalized spacial score (nSPS) is 19.2. The highest BCUT2D eigenvalue weighted by Gasteiger charge is 2.38. The fourth-order valence-electron chi connectivity index (χ4n) is 2.50. The van der Waals surface area contributed by atoms with Crippen molar-refractivity contribution in [2.24, 2.45) is 0 Å². The highest BCUT2D eigenvalue weighted by atomic mass is 32.1. The SMILES string of the molecule is CCN1CC(c2cccs2)N(c2ccccc2)C1=O. The molecule has 1 atom stereocenters. The van der Waals surface area contributed by atoms with Gasteiger partial charge in [0.25, 0.3) is 0 Å². The lowest BCUT2D eigenvalue weighted by Crippen LogP contribution is -2.32. The molecule has 1 aliphatic heterocycles. The van der Waals surface area contributed by atoms with Crippen LogP contribution in [-0.2, 0) is 0 Å². The van der Waals surface area contributed by atoms with Gasteiger partial charge in [-0.1, -0.05) is 24.3 Å². The summed E-state index contributed by atoms with van der Waals surface area (Å²) in [5.74, 6) is 0. The number of thiophene rings is 1. The molecule has 0 N–H and O–H groups in total. The van der Waals surface area contributed by atoms with Crippen LogP contribution >= 0.6 is 11.3 Å². The molecule has 1 saturated heterocycles. The topological polar surface area (TPSA) is 23.6 Å². The third-order valence-corrected chi connectivity index (χ3v) is 4.44. The van der Waals surface area contributed by atoms with Crippen LogP contribution < -0.4 is 4.90 Å². The standard InChI is InChI=1S/C15H16N2OS/c1-2-16-11-13(14-9-6-10-19-14)17(15(16)18)12-7-4-3-5-8-12/h3-10,13H,2,11H2,1H3. The number of para-hydroxylation sites is 1. The Morgan fingerprint density at radius 2 is 2.00 bits per heavy atom. The minimum Gasteiger partial charge on any atom is -0.322 e. The molecule has 0 bridgehead atoms. The number of nitrogens with zero attached hydrogens (tertiary/aromatic N) is 2. The molecule has 0 radical (unpaired) electrons. The maximum Gasteiger partial charge on any atom is 0.325 e. The van der Waals surface area contributed by atoms with Crippen molar-refractivity contribution in [2.45, 2.75) is 13.0 Å². The molecule has 0 saturated carbocycles. The molecule has 1 aliphatic rings. The average molecular weight is 272 g/mol. The van der Waals surface area contributed by atoms with Gasteiger partial charge in [-0.25, -0.2) is 4.79 Å². The second kappa shape index (κ2) is 5.05. The number of benzene rings is 1. The number of carbonyl (C=O) groups excluding carboxylic acids is 1. The number of carbonyl (C=O) groups is 1. The van der Waals surface area contributed by atoms with Crippen molar-refractivity contribution in [3.8, 4) is 0 Å². The van der Waals surface area contributed by atoms with E-state index in [0.29, 0.717) is 0 Å². The third kappa shape index (κ3) is 2.12. The summed E-state index contributed by atoms with van der Waals surface area (Å²) in [5, 5.41) is 2.07. The predicted molar refractivity (Wildman–Crippen MR) is 78.6 cm³/mol. The van der Waals surface area contributed by atoms with Crippen LogP contribution in [0.3, 0.4) is 0 Å². The first-order chi connectivity index (χ1) is 9.31. The van der Waals surface area contributed by atoms with E-state index < -0.39 is 0 Å². The molecule has 4 heteroatoms. The van der Waals surface area contributed by atoms with Crippen LogP contribution in [0.2, 0.25) is 0 Å². The molecule has 1 fully saturated rings. The molecule has 2 amide bonds. The number of anilines is 1. The van der Waals surface area contributed by atoms with E-state index in [1.54, 1.807) is 11.3 Å². The minimum atomic E-state index is 0.104. The van der Waals surface area contributed by atoms with Crippen LogP contribution in [0.4, 0.5) is 10.5 Å². The molecule has 0 spiro atoms. The average Bonchev–Trinajstić information content (AvgIpc) is 3.07. The Hall–Kier alpha value is -1.81. The Labute approximate surface area is 117 Å². The summed E-state index contributed by atoms with van der Waals surface area (Å²) >= 11 is 1.71. The van der Waals surface area contributed by atoms with Crippen LogP contribution in [0.5, 0.6) is 0 Å². The second-order valence-corrected chi connectivity index (χ2v) is 5.54. The van der Waals surface area contributed by atoms with Gasteiger partial charge in [0.05, 0.1) is 6.04 Å². The van der Waals surface area contributed by atoms with E-state index in [4.69, 9.17) is 0 Å². The highest BCUT2D eigenvalue weighted by Crippen LogP contribution is 2.35. The Morgan fingerprint density at radius 1 is 1.21 bits per heavy atom. The summed E-state index contributed by atoms with van der Waals surface area (Å²) in [7, 11) is 0. The molecule has 1 aromatic carbocycles. The molecule has 19 heavy (non-hydrogen) atoms. The summed E-state index contributed by atoms with van der Waals surface area (Å²) < 4.78 is 0. The predicted octanol–water partition coefficient (Wildman–Crippen LogP) is 3.75. The van der Waals surface area contributed by atoms with E-state index in [1.807, 2.05) is 53.1 Å².